The lowest BCUT2D eigenvalue weighted by Gasteiger charge is -2.05. The van der Waals surface area contributed by atoms with Crippen LogP contribution in [0.1, 0.15) is 5.82 Å². The molecule has 0 aliphatic rings. The number of nitrogens with one attached hydrogen (secondary N) is 1. The second-order valence-electron chi connectivity index (χ2n) is 3.61. The smallest absolute Gasteiger partial charge is 0.120 e. The Kier molecular flexibility index (Phi) is 2.73. The monoisotopic (exact) mass is 203 g/mol. The second kappa shape index (κ2) is 4.18. The summed E-state index contributed by atoms with van der Waals surface area (Å²) in [5.74, 6) is 0.943. The van der Waals surface area contributed by atoms with Crippen LogP contribution in [0.4, 0.5) is 0 Å². The summed E-state index contributed by atoms with van der Waals surface area (Å²) in [6, 6.07) is 0. The van der Waals surface area contributed by atoms with Gasteiger partial charge in [0.25, 0.3) is 0 Å². The van der Waals surface area contributed by atoms with Crippen LogP contribution in [0.15, 0.2) is 24.9 Å². The number of imidazole rings is 1. The zero-order valence-electron chi connectivity index (χ0n) is 8.81. The van der Waals surface area contributed by atoms with Gasteiger partial charge in [-0.1, -0.05) is 0 Å². The minimum atomic E-state index is 0.799. The van der Waals surface area contributed by atoms with E-state index in [-0.39, 0.29) is 0 Å². The summed E-state index contributed by atoms with van der Waals surface area (Å²) >= 11 is 0. The van der Waals surface area contributed by atoms with Crippen molar-refractivity contribution in [2.45, 2.75) is 6.54 Å². The Labute approximate surface area is 88.2 Å². The van der Waals surface area contributed by atoms with Gasteiger partial charge in [0.05, 0.1) is 18.4 Å². The Hall–Kier alpha value is -1.75. The van der Waals surface area contributed by atoms with Gasteiger partial charge in [0.15, 0.2) is 0 Å². The Bertz CT molecular complexity index is 420. The first-order valence-corrected chi connectivity index (χ1v) is 4.69. The SMILES string of the molecule is CN(C)Cc1ncc(-c2cncnc2)[nH]1. The molecule has 0 unspecified atom stereocenters. The Morgan fingerprint density at radius 2 is 1.93 bits per heavy atom. The number of H-pyrrole nitrogens is 1. The van der Waals surface area contributed by atoms with E-state index in [1.54, 1.807) is 18.6 Å². The topological polar surface area (TPSA) is 57.7 Å². The number of hydrogen-bond donors (Lipinski definition) is 1. The van der Waals surface area contributed by atoms with E-state index in [4.69, 9.17) is 0 Å². The highest BCUT2D eigenvalue weighted by atomic mass is 15.1. The van der Waals surface area contributed by atoms with Crippen LogP contribution >= 0.6 is 0 Å². The fourth-order valence-corrected chi connectivity index (χ4v) is 1.33. The van der Waals surface area contributed by atoms with Crippen LogP contribution in [-0.2, 0) is 6.54 Å². The van der Waals surface area contributed by atoms with Gasteiger partial charge in [-0.05, 0) is 14.1 Å². The molecule has 0 bridgehead atoms. The largest absolute Gasteiger partial charge is 0.341 e. The zero-order chi connectivity index (χ0) is 10.7. The maximum atomic E-state index is 4.28. The summed E-state index contributed by atoms with van der Waals surface area (Å²) in [6.45, 7) is 0.799. The van der Waals surface area contributed by atoms with E-state index in [2.05, 4.69) is 24.8 Å². The molecule has 0 aromatic carbocycles. The molecular weight excluding hydrogens is 190 g/mol. The molecular formula is C10H13N5. The fourth-order valence-electron chi connectivity index (χ4n) is 1.33. The summed E-state index contributed by atoms with van der Waals surface area (Å²) in [4.78, 5) is 17.5. The van der Waals surface area contributed by atoms with Gasteiger partial charge in [-0.2, -0.15) is 0 Å². The van der Waals surface area contributed by atoms with Gasteiger partial charge in [0, 0.05) is 18.0 Å². The van der Waals surface area contributed by atoms with E-state index in [1.165, 1.54) is 6.33 Å². The van der Waals surface area contributed by atoms with Crippen molar-refractivity contribution in [1.82, 2.24) is 24.8 Å². The molecule has 2 rings (SSSR count). The molecule has 0 radical (unpaired) electrons. The number of aromatic amines is 1. The van der Waals surface area contributed by atoms with Crippen molar-refractivity contribution < 1.29 is 0 Å². The van der Waals surface area contributed by atoms with Crippen molar-refractivity contribution in [2.24, 2.45) is 0 Å². The van der Waals surface area contributed by atoms with Crippen LogP contribution in [0.5, 0.6) is 0 Å². The highest BCUT2D eigenvalue weighted by molar-refractivity contribution is 5.55. The van der Waals surface area contributed by atoms with E-state index in [0.717, 1.165) is 23.6 Å². The van der Waals surface area contributed by atoms with Crippen LogP contribution in [0.25, 0.3) is 11.3 Å². The lowest BCUT2D eigenvalue weighted by molar-refractivity contribution is 0.392. The molecule has 0 atom stereocenters. The normalized spacial score (nSPS) is 10.9. The van der Waals surface area contributed by atoms with Crippen molar-refractivity contribution >= 4 is 0 Å². The van der Waals surface area contributed by atoms with Crippen molar-refractivity contribution in [3.8, 4) is 11.3 Å². The van der Waals surface area contributed by atoms with Gasteiger partial charge in [-0.3, -0.25) is 0 Å². The minimum absolute atomic E-state index is 0.799. The third-order valence-corrected chi connectivity index (χ3v) is 1.97. The van der Waals surface area contributed by atoms with Crippen molar-refractivity contribution in [3.05, 3.63) is 30.7 Å². The lowest BCUT2D eigenvalue weighted by Crippen LogP contribution is -2.11. The summed E-state index contributed by atoms with van der Waals surface area (Å²) in [5, 5.41) is 0. The molecule has 1 N–H and O–H groups in total. The average molecular weight is 203 g/mol. The van der Waals surface area contributed by atoms with Crippen LogP contribution in [0, 0.1) is 0 Å². The molecule has 2 aromatic heterocycles. The molecule has 15 heavy (non-hydrogen) atoms. The summed E-state index contributed by atoms with van der Waals surface area (Å²) in [7, 11) is 4.02. The van der Waals surface area contributed by atoms with Crippen LogP contribution in [0.3, 0.4) is 0 Å². The van der Waals surface area contributed by atoms with Gasteiger partial charge in [0.2, 0.25) is 0 Å². The predicted octanol–water partition coefficient (Wildman–Crippen LogP) is 0.928. The first kappa shape index (κ1) is 9.79. The Balaban J connectivity index is 2.21. The van der Waals surface area contributed by atoms with Crippen molar-refractivity contribution in [3.63, 3.8) is 0 Å². The minimum Gasteiger partial charge on any atom is -0.341 e. The number of aromatic nitrogens is 4. The zero-order valence-corrected chi connectivity index (χ0v) is 8.81. The predicted molar refractivity (Wildman–Crippen MR) is 57.0 cm³/mol. The molecule has 0 aliphatic carbocycles. The first-order valence-electron chi connectivity index (χ1n) is 4.69. The van der Waals surface area contributed by atoms with E-state index in [1.807, 2.05) is 14.1 Å². The quantitative estimate of drug-likeness (QED) is 0.806. The molecule has 0 saturated heterocycles. The number of rotatable bonds is 3. The Morgan fingerprint density at radius 3 is 2.60 bits per heavy atom. The molecule has 0 fully saturated rings. The summed E-state index contributed by atoms with van der Waals surface area (Å²) < 4.78 is 0. The molecule has 0 spiro atoms. The van der Waals surface area contributed by atoms with E-state index in [9.17, 15) is 0 Å². The molecule has 5 nitrogen and oxygen atoms in total. The number of hydrogen-bond acceptors (Lipinski definition) is 4. The average Bonchev–Trinajstić information content (AvgIpc) is 2.67. The van der Waals surface area contributed by atoms with E-state index < -0.39 is 0 Å². The summed E-state index contributed by atoms with van der Waals surface area (Å²) in [6.07, 6.45) is 6.85. The number of nitrogens with zero attached hydrogens (tertiary/aromatic N) is 4. The third-order valence-electron chi connectivity index (χ3n) is 1.97. The molecule has 5 heteroatoms. The second-order valence-corrected chi connectivity index (χ2v) is 3.61. The highest BCUT2D eigenvalue weighted by Crippen LogP contribution is 2.14. The molecule has 0 amide bonds. The van der Waals surface area contributed by atoms with Crippen LogP contribution in [0.2, 0.25) is 0 Å². The van der Waals surface area contributed by atoms with Crippen LogP contribution < -0.4 is 0 Å². The lowest BCUT2D eigenvalue weighted by atomic mass is 10.3. The fraction of sp³-hybridized carbons (Fsp3) is 0.300. The van der Waals surface area contributed by atoms with Gasteiger partial charge < -0.3 is 9.88 Å². The summed E-state index contributed by atoms with van der Waals surface area (Å²) in [5.41, 5.74) is 1.91. The van der Waals surface area contributed by atoms with Crippen molar-refractivity contribution in [1.29, 1.82) is 0 Å². The maximum absolute atomic E-state index is 4.28. The van der Waals surface area contributed by atoms with E-state index >= 15 is 0 Å². The van der Waals surface area contributed by atoms with Gasteiger partial charge in [-0.25, -0.2) is 15.0 Å². The Morgan fingerprint density at radius 1 is 1.20 bits per heavy atom. The molecule has 0 aliphatic heterocycles. The first-order chi connectivity index (χ1) is 7.25. The van der Waals surface area contributed by atoms with Gasteiger partial charge in [-0.15, -0.1) is 0 Å². The third kappa shape index (κ3) is 2.38. The maximum Gasteiger partial charge on any atom is 0.120 e. The van der Waals surface area contributed by atoms with Crippen LogP contribution in [-0.4, -0.2) is 38.9 Å². The van der Waals surface area contributed by atoms with Gasteiger partial charge in [0.1, 0.15) is 12.2 Å². The molecule has 2 heterocycles. The standard InChI is InChI=1S/C10H13N5/c1-15(2)6-10-13-5-9(14-10)8-3-11-7-12-4-8/h3-5,7H,6H2,1-2H3,(H,13,14). The van der Waals surface area contributed by atoms with E-state index in [0.29, 0.717) is 0 Å². The van der Waals surface area contributed by atoms with Gasteiger partial charge >= 0.3 is 0 Å². The highest BCUT2D eigenvalue weighted by Gasteiger charge is 2.03. The molecule has 78 valence electrons. The van der Waals surface area contributed by atoms with Crippen molar-refractivity contribution in [2.75, 3.05) is 14.1 Å². The molecule has 2 aromatic rings. The molecule has 0 saturated carbocycles.